The zero-order chi connectivity index (χ0) is 10.7. The van der Waals surface area contributed by atoms with Gasteiger partial charge in [-0.05, 0) is 20.0 Å². The van der Waals surface area contributed by atoms with E-state index in [1.54, 1.807) is 5.51 Å². The number of aromatic nitrogens is 1. The maximum absolute atomic E-state index is 11.6. The number of rotatable bonds is 3. The number of thiazole rings is 1. The van der Waals surface area contributed by atoms with Crippen molar-refractivity contribution in [2.45, 2.75) is 18.9 Å². The Balaban J connectivity index is 1.78. The summed E-state index contributed by atoms with van der Waals surface area (Å²) in [6, 6.07) is 0.320. The highest BCUT2D eigenvalue weighted by atomic mass is 32.1. The number of amides is 1. The third-order valence-corrected chi connectivity index (χ3v) is 3.22. The molecule has 0 aromatic carbocycles. The van der Waals surface area contributed by atoms with E-state index in [2.05, 4.69) is 22.2 Å². The van der Waals surface area contributed by atoms with E-state index in [-0.39, 0.29) is 5.91 Å². The summed E-state index contributed by atoms with van der Waals surface area (Å²) in [5, 5.41) is 4.95. The second-order valence-corrected chi connectivity index (χ2v) is 4.69. The van der Waals surface area contributed by atoms with Crippen molar-refractivity contribution in [1.82, 2.24) is 15.2 Å². The molecule has 1 aliphatic rings. The van der Waals surface area contributed by atoms with Crippen LogP contribution in [0.5, 0.6) is 0 Å². The van der Waals surface area contributed by atoms with Gasteiger partial charge in [0.15, 0.2) is 0 Å². The SMILES string of the molecule is CN1CCC(NC(=O)Cc2cscn2)C1. The first-order chi connectivity index (χ1) is 7.24. The number of carbonyl (C=O) groups excluding carboxylic acids is 1. The number of likely N-dealkylation sites (N-methyl/N-ethyl adjacent to an activating group) is 1. The molecule has 1 saturated heterocycles. The van der Waals surface area contributed by atoms with Crippen molar-refractivity contribution in [3.63, 3.8) is 0 Å². The monoisotopic (exact) mass is 225 g/mol. The highest BCUT2D eigenvalue weighted by molar-refractivity contribution is 7.07. The van der Waals surface area contributed by atoms with Crippen molar-refractivity contribution in [3.8, 4) is 0 Å². The second-order valence-electron chi connectivity index (χ2n) is 3.97. The van der Waals surface area contributed by atoms with Gasteiger partial charge in [0.25, 0.3) is 0 Å². The molecule has 4 nitrogen and oxygen atoms in total. The van der Waals surface area contributed by atoms with E-state index < -0.39 is 0 Å². The molecule has 0 aliphatic carbocycles. The summed E-state index contributed by atoms with van der Waals surface area (Å²) < 4.78 is 0. The van der Waals surface area contributed by atoms with Crippen LogP contribution in [0.1, 0.15) is 12.1 Å². The van der Waals surface area contributed by atoms with Crippen LogP contribution in [0.2, 0.25) is 0 Å². The molecule has 0 radical (unpaired) electrons. The molecule has 1 aromatic rings. The van der Waals surface area contributed by atoms with Crippen molar-refractivity contribution in [2.24, 2.45) is 0 Å². The van der Waals surface area contributed by atoms with Crippen LogP contribution in [0.15, 0.2) is 10.9 Å². The van der Waals surface area contributed by atoms with Gasteiger partial charge in [0.1, 0.15) is 0 Å². The largest absolute Gasteiger partial charge is 0.352 e. The van der Waals surface area contributed by atoms with E-state index in [9.17, 15) is 4.79 Å². The first-order valence-corrected chi connectivity index (χ1v) is 6.03. The summed E-state index contributed by atoms with van der Waals surface area (Å²) in [5.41, 5.74) is 2.62. The molecule has 5 heteroatoms. The Morgan fingerprint density at radius 2 is 2.67 bits per heavy atom. The fourth-order valence-corrected chi connectivity index (χ4v) is 2.38. The van der Waals surface area contributed by atoms with Crippen LogP contribution in [0.3, 0.4) is 0 Å². The van der Waals surface area contributed by atoms with E-state index in [4.69, 9.17) is 0 Å². The van der Waals surface area contributed by atoms with E-state index in [0.717, 1.165) is 25.2 Å². The Hall–Kier alpha value is -0.940. The maximum atomic E-state index is 11.6. The van der Waals surface area contributed by atoms with Gasteiger partial charge >= 0.3 is 0 Å². The number of nitrogens with one attached hydrogen (secondary N) is 1. The van der Waals surface area contributed by atoms with E-state index in [1.807, 2.05) is 5.38 Å². The summed E-state index contributed by atoms with van der Waals surface area (Å²) >= 11 is 1.53. The van der Waals surface area contributed by atoms with Crippen LogP contribution in [-0.2, 0) is 11.2 Å². The summed E-state index contributed by atoms with van der Waals surface area (Å²) in [4.78, 5) is 17.9. The Labute approximate surface area is 93.3 Å². The molecular weight excluding hydrogens is 210 g/mol. The fraction of sp³-hybridized carbons (Fsp3) is 0.600. The number of carbonyl (C=O) groups is 1. The summed E-state index contributed by atoms with van der Waals surface area (Å²) in [5.74, 6) is 0.0844. The van der Waals surface area contributed by atoms with Crippen LogP contribution >= 0.6 is 11.3 Å². The van der Waals surface area contributed by atoms with Crippen molar-refractivity contribution >= 4 is 17.2 Å². The first-order valence-electron chi connectivity index (χ1n) is 5.09. The molecular formula is C10H15N3OS. The molecule has 2 rings (SSSR count). The second kappa shape index (κ2) is 4.72. The molecule has 1 aromatic heterocycles. The number of hydrogen-bond donors (Lipinski definition) is 1. The molecule has 1 atom stereocenters. The fourth-order valence-electron chi connectivity index (χ4n) is 1.82. The quantitative estimate of drug-likeness (QED) is 0.815. The zero-order valence-electron chi connectivity index (χ0n) is 8.77. The van der Waals surface area contributed by atoms with Gasteiger partial charge in [-0.2, -0.15) is 0 Å². The third kappa shape index (κ3) is 3.00. The molecule has 82 valence electrons. The number of hydrogen-bond acceptors (Lipinski definition) is 4. The lowest BCUT2D eigenvalue weighted by atomic mass is 10.2. The van der Waals surface area contributed by atoms with E-state index in [0.29, 0.717) is 12.5 Å². The molecule has 0 bridgehead atoms. The smallest absolute Gasteiger partial charge is 0.226 e. The number of likely N-dealkylation sites (tertiary alicyclic amines) is 1. The van der Waals surface area contributed by atoms with Gasteiger partial charge in [0.2, 0.25) is 5.91 Å². The molecule has 1 unspecified atom stereocenters. The molecule has 1 amide bonds. The van der Waals surface area contributed by atoms with Gasteiger partial charge in [-0.3, -0.25) is 4.79 Å². The molecule has 1 fully saturated rings. The summed E-state index contributed by atoms with van der Waals surface area (Å²) in [6.45, 7) is 2.03. The Morgan fingerprint density at radius 1 is 1.80 bits per heavy atom. The topological polar surface area (TPSA) is 45.2 Å². The molecule has 0 saturated carbocycles. The molecule has 0 spiro atoms. The predicted molar refractivity (Wildman–Crippen MR) is 59.9 cm³/mol. The number of nitrogens with zero attached hydrogens (tertiary/aromatic N) is 2. The lowest BCUT2D eigenvalue weighted by Crippen LogP contribution is -2.37. The van der Waals surface area contributed by atoms with Crippen molar-refractivity contribution in [1.29, 1.82) is 0 Å². The van der Waals surface area contributed by atoms with Gasteiger partial charge < -0.3 is 10.2 Å². The van der Waals surface area contributed by atoms with Gasteiger partial charge in [0, 0.05) is 18.0 Å². The minimum atomic E-state index is 0.0844. The molecule has 2 heterocycles. The van der Waals surface area contributed by atoms with Crippen LogP contribution in [0.4, 0.5) is 0 Å². The minimum Gasteiger partial charge on any atom is -0.352 e. The van der Waals surface area contributed by atoms with Crippen molar-refractivity contribution < 1.29 is 4.79 Å². The van der Waals surface area contributed by atoms with Gasteiger partial charge in [-0.25, -0.2) is 4.98 Å². The van der Waals surface area contributed by atoms with E-state index >= 15 is 0 Å². The highest BCUT2D eigenvalue weighted by Crippen LogP contribution is 2.07. The zero-order valence-corrected chi connectivity index (χ0v) is 9.59. The molecule has 1 aliphatic heterocycles. The lowest BCUT2D eigenvalue weighted by Gasteiger charge is -2.12. The Bertz CT molecular complexity index is 325. The predicted octanol–water partition coefficient (Wildman–Crippen LogP) is 0.506. The van der Waals surface area contributed by atoms with Crippen LogP contribution in [-0.4, -0.2) is 42.0 Å². The lowest BCUT2D eigenvalue weighted by molar-refractivity contribution is -0.121. The molecule has 15 heavy (non-hydrogen) atoms. The molecule has 1 N–H and O–H groups in total. The minimum absolute atomic E-state index is 0.0844. The van der Waals surface area contributed by atoms with Crippen LogP contribution < -0.4 is 5.32 Å². The van der Waals surface area contributed by atoms with Crippen LogP contribution in [0.25, 0.3) is 0 Å². The average Bonchev–Trinajstić information content (AvgIpc) is 2.77. The maximum Gasteiger partial charge on any atom is 0.226 e. The van der Waals surface area contributed by atoms with Gasteiger partial charge in [-0.15, -0.1) is 11.3 Å². The Morgan fingerprint density at radius 3 is 3.27 bits per heavy atom. The third-order valence-electron chi connectivity index (χ3n) is 2.58. The van der Waals surface area contributed by atoms with Crippen molar-refractivity contribution in [3.05, 3.63) is 16.6 Å². The normalized spacial score (nSPS) is 21.8. The highest BCUT2D eigenvalue weighted by Gasteiger charge is 2.20. The van der Waals surface area contributed by atoms with Crippen molar-refractivity contribution in [2.75, 3.05) is 20.1 Å². The van der Waals surface area contributed by atoms with E-state index in [1.165, 1.54) is 11.3 Å². The summed E-state index contributed by atoms with van der Waals surface area (Å²) in [7, 11) is 2.08. The van der Waals surface area contributed by atoms with Gasteiger partial charge in [-0.1, -0.05) is 0 Å². The van der Waals surface area contributed by atoms with Crippen LogP contribution in [0, 0.1) is 0 Å². The average molecular weight is 225 g/mol. The summed E-state index contributed by atoms with van der Waals surface area (Å²) in [6.07, 6.45) is 1.46. The first kappa shape index (κ1) is 10.6. The Kier molecular flexibility index (Phi) is 3.33. The standard InChI is InChI=1S/C10H15N3OS/c1-13-3-2-8(5-13)12-10(14)4-9-6-15-7-11-9/h6-8H,2-5H2,1H3,(H,12,14). The van der Waals surface area contributed by atoms with Gasteiger partial charge in [0.05, 0.1) is 17.6 Å².